The fourth-order valence-electron chi connectivity index (χ4n) is 2.91. The Kier molecular flexibility index (Phi) is 5.32. The van der Waals surface area contributed by atoms with Gasteiger partial charge in [0.05, 0.1) is 18.2 Å². The molecule has 1 heterocycles. The summed E-state index contributed by atoms with van der Waals surface area (Å²) in [5.41, 5.74) is -0.808. The zero-order chi connectivity index (χ0) is 14.8. The smallest absolute Gasteiger partial charge is 0.217 e. The molecule has 1 aliphatic rings. The van der Waals surface area contributed by atoms with Gasteiger partial charge in [0.2, 0.25) is 5.91 Å². The Morgan fingerprint density at radius 1 is 1.37 bits per heavy atom. The quantitative estimate of drug-likeness (QED) is 0.549. The highest BCUT2D eigenvalue weighted by Crippen LogP contribution is 2.38. The summed E-state index contributed by atoms with van der Waals surface area (Å²) in [5, 5.41) is 32.1. The van der Waals surface area contributed by atoms with Gasteiger partial charge in [-0.15, -0.1) is 0 Å². The third-order valence-electron chi connectivity index (χ3n) is 4.04. The van der Waals surface area contributed by atoms with E-state index in [1.54, 1.807) is 0 Å². The van der Waals surface area contributed by atoms with E-state index in [0.29, 0.717) is 6.42 Å². The van der Waals surface area contributed by atoms with Gasteiger partial charge in [0.1, 0.15) is 18.3 Å². The third kappa shape index (κ3) is 2.91. The largest absolute Gasteiger partial charge is 0.394 e. The van der Waals surface area contributed by atoms with E-state index >= 15 is 0 Å². The maximum atomic E-state index is 11.3. The van der Waals surface area contributed by atoms with Gasteiger partial charge in [-0.3, -0.25) is 4.79 Å². The van der Waals surface area contributed by atoms with Crippen LogP contribution in [0, 0.1) is 5.92 Å². The lowest BCUT2D eigenvalue weighted by atomic mass is 9.74. The van der Waals surface area contributed by atoms with Crippen molar-refractivity contribution in [3.63, 3.8) is 0 Å². The molecule has 19 heavy (non-hydrogen) atoms. The number of ether oxygens (including phenoxy) is 1. The van der Waals surface area contributed by atoms with E-state index in [1.807, 2.05) is 20.8 Å². The lowest BCUT2D eigenvalue weighted by molar-refractivity contribution is -0.253. The molecule has 6 nitrogen and oxygen atoms in total. The van der Waals surface area contributed by atoms with Crippen molar-refractivity contribution in [1.29, 1.82) is 0 Å². The number of hydrogen-bond acceptors (Lipinski definition) is 5. The van der Waals surface area contributed by atoms with E-state index < -0.39 is 30.0 Å². The number of nitrogens with one attached hydrogen (secondary N) is 1. The molecule has 1 saturated heterocycles. The molecule has 3 unspecified atom stereocenters. The fraction of sp³-hybridized carbons (Fsp3) is 0.923. The molecule has 1 fully saturated rings. The summed E-state index contributed by atoms with van der Waals surface area (Å²) < 4.78 is 5.86. The summed E-state index contributed by atoms with van der Waals surface area (Å²) in [5.74, 6) is -0.286. The molecule has 1 aliphatic heterocycles. The van der Waals surface area contributed by atoms with Crippen LogP contribution < -0.4 is 5.32 Å². The van der Waals surface area contributed by atoms with Crippen LogP contribution in [0.3, 0.4) is 0 Å². The van der Waals surface area contributed by atoms with Crippen molar-refractivity contribution in [3.8, 4) is 0 Å². The molecular weight excluding hydrogens is 250 g/mol. The van der Waals surface area contributed by atoms with Crippen molar-refractivity contribution in [2.24, 2.45) is 5.92 Å². The normalized spacial score (nSPS) is 39.4. The number of amides is 1. The average Bonchev–Trinajstić information content (AvgIpc) is 2.35. The maximum Gasteiger partial charge on any atom is 0.217 e. The number of rotatable bonds is 4. The predicted octanol–water partition coefficient (Wildman–Crippen LogP) is -0.591. The van der Waals surface area contributed by atoms with Crippen LogP contribution in [0.25, 0.3) is 0 Å². The Hall–Kier alpha value is -0.690. The fourth-order valence-corrected chi connectivity index (χ4v) is 2.91. The van der Waals surface area contributed by atoms with Gasteiger partial charge < -0.3 is 25.4 Å². The van der Waals surface area contributed by atoms with Gasteiger partial charge in [-0.1, -0.05) is 20.8 Å². The van der Waals surface area contributed by atoms with E-state index in [0.717, 1.165) is 0 Å². The van der Waals surface area contributed by atoms with Crippen LogP contribution in [0.4, 0.5) is 0 Å². The molecular formula is C13H25NO5. The average molecular weight is 275 g/mol. The summed E-state index contributed by atoms with van der Waals surface area (Å²) in [7, 11) is 0. The molecule has 0 spiro atoms. The van der Waals surface area contributed by atoms with Gasteiger partial charge in [0, 0.05) is 6.92 Å². The second-order valence-electron chi connectivity index (χ2n) is 5.46. The van der Waals surface area contributed by atoms with Crippen molar-refractivity contribution in [2.45, 2.75) is 64.1 Å². The molecule has 1 amide bonds. The van der Waals surface area contributed by atoms with E-state index in [9.17, 15) is 20.1 Å². The van der Waals surface area contributed by atoms with Crippen LogP contribution in [0.2, 0.25) is 0 Å². The zero-order valence-electron chi connectivity index (χ0n) is 12.0. The summed E-state index contributed by atoms with van der Waals surface area (Å²) >= 11 is 0. The Balaban J connectivity index is 3.15. The van der Waals surface area contributed by atoms with Crippen LogP contribution in [0.1, 0.15) is 34.1 Å². The van der Waals surface area contributed by atoms with E-state index in [4.69, 9.17) is 4.74 Å². The molecule has 1 rings (SSSR count). The van der Waals surface area contributed by atoms with Crippen LogP contribution in [-0.2, 0) is 9.53 Å². The number of hydrogen-bond donors (Lipinski definition) is 4. The van der Waals surface area contributed by atoms with E-state index in [1.165, 1.54) is 6.92 Å². The number of aliphatic hydroxyl groups is 3. The first-order chi connectivity index (χ1) is 8.80. The Morgan fingerprint density at radius 3 is 2.32 bits per heavy atom. The topological polar surface area (TPSA) is 99.0 Å². The minimum Gasteiger partial charge on any atom is -0.394 e. The zero-order valence-corrected chi connectivity index (χ0v) is 12.0. The third-order valence-corrected chi connectivity index (χ3v) is 4.04. The lowest BCUT2D eigenvalue weighted by Crippen LogP contribution is -2.71. The highest BCUT2D eigenvalue weighted by atomic mass is 16.5. The van der Waals surface area contributed by atoms with Gasteiger partial charge in [0.25, 0.3) is 0 Å². The van der Waals surface area contributed by atoms with Crippen LogP contribution in [0.5, 0.6) is 0 Å². The van der Waals surface area contributed by atoms with E-state index in [2.05, 4.69) is 5.32 Å². The van der Waals surface area contributed by atoms with Crippen LogP contribution in [0.15, 0.2) is 0 Å². The lowest BCUT2D eigenvalue weighted by Gasteiger charge is -2.52. The van der Waals surface area contributed by atoms with Crippen molar-refractivity contribution >= 4 is 5.91 Å². The number of carbonyl (C=O) groups excluding carboxylic acids is 1. The van der Waals surface area contributed by atoms with Crippen molar-refractivity contribution in [2.75, 3.05) is 6.61 Å². The summed E-state index contributed by atoms with van der Waals surface area (Å²) in [6, 6.07) is -0.701. The maximum absolute atomic E-state index is 11.3. The molecule has 0 bridgehead atoms. The Labute approximate surface area is 113 Å². The van der Waals surface area contributed by atoms with Gasteiger partial charge >= 0.3 is 0 Å². The van der Waals surface area contributed by atoms with Gasteiger partial charge in [-0.05, 0) is 12.3 Å². The molecule has 0 radical (unpaired) electrons. The molecule has 0 aliphatic carbocycles. The van der Waals surface area contributed by atoms with E-state index in [-0.39, 0.29) is 18.4 Å². The molecule has 0 aromatic carbocycles. The SMILES string of the molecule is CC[C@]1(C(C)C)OC(CO)[C@@H](O)C(O)C1NC(C)=O. The van der Waals surface area contributed by atoms with Crippen molar-refractivity contribution in [1.82, 2.24) is 5.32 Å². The summed E-state index contributed by atoms with van der Waals surface area (Å²) in [4.78, 5) is 11.3. The minimum absolute atomic E-state index is 0.00514. The number of carbonyl (C=O) groups is 1. The Morgan fingerprint density at radius 2 is 1.95 bits per heavy atom. The molecule has 6 heteroatoms. The standard InChI is InChI=1S/C13H25NO5/c1-5-13(7(2)3)12(14-8(4)16)11(18)10(17)9(6-15)19-13/h7,9-12,15,17-18H,5-6H2,1-4H3,(H,14,16)/t9?,10-,11?,12?,13-/m1/s1. The number of aliphatic hydroxyl groups excluding tert-OH is 3. The molecule has 0 aromatic rings. The molecule has 0 saturated carbocycles. The minimum atomic E-state index is -1.22. The highest BCUT2D eigenvalue weighted by molar-refractivity contribution is 5.73. The first kappa shape index (κ1) is 16.4. The molecule has 112 valence electrons. The highest BCUT2D eigenvalue weighted by Gasteiger charge is 2.54. The summed E-state index contributed by atoms with van der Waals surface area (Å²) in [6.07, 6.45) is -2.68. The molecule has 4 N–H and O–H groups in total. The summed E-state index contributed by atoms with van der Waals surface area (Å²) in [6.45, 7) is 6.74. The van der Waals surface area contributed by atoms with Crippen molar-refractivity contribution < 1.29 is 24.9 Å². The van der Waals surface area contributed by atoms with Gasteiger partial charge in [-0.25, -0.2) is 0 Å². The van der Waals surface area contributed by atoms with Gasteiger partial charge in [-0.2, -0.15) is 0 Å². The van der Waals surface area contributed by atoms with Gasteiger partial charge in [0.15, 0.2) is 0 Å². The second kappa shape index (κ2) is 6.17. The van der Waals surface area contributed by atoms with Crippen molar-refractivity contribution in [3.05, 3.63) is 0 Å². The molecule has 5 atom stereocenters. The Bertz CT molecular complexity index is 322. The first-order valence-corrected chi connectivity index (χ1v) is 6.72. The van der Waals surface area contributed by atoms with Crippen LogP contribution in [-0.4, -0.2) is 57.8 Å². The monoisotopic (exact) mass is 275 g/mol. The second-order valence-corrected chi connectivity index (χ2v) is 5.46. The predicted molar refractivity (Wildman–Crippen MR) is 69.4 cm³/mol. The van der Waals surface area contributed by atoms with Crippen LogP contribution >= 0.6 is 0 Å². The molecule has 0 aromatic heterocycles. The first-order valence-electron chi connectivity index (χ1n) is 6.72.